The molecule has 1 aromatic carbocycles. The molecule has 0 radical (unpaired) electrons. The van der Waals surface area contributed by atoms with Gasteiger partial charge in [0.2, 0.25) is 11.8 Å². The first-order valence-corrected chi connectivity index (χ1v) is 20.1. The van der Waals surface area contributed by atoms with Crippen molar-refractivity contribution >= 4 is 29.5 Å². The molecule has 58 heavy (non-hydrogen) atoms. The first kappa shape index (κ1) is 44.9. The maximum Gasteiger partial charge on any atom is 0.408 e. The minimum Gasteiger partial charge on any atom is -0.457 e. The van der Waals surface area contributed by atoms with Crippen LogP contribution in [0.3, 0.4) is 0 Å². The fourth-order valence-corrected chi connectivity index (χ4v) is 8.79. The van der Waals surface area contributed by atoms with Gasteiger partial charge in [0.15, 0.2) is 23.4 Å². The molecular formula is C42H60N4O12. The standard InChI is InChI=1S/C42H60N4O12/c1-21-20-41(7,53)37(57-39-34(50)28(46(9)10)18-22(2)54-39)24(4)33(49)25(5)38(51)55-29(42(8)36(23(3)32(21)48)45-40(52)58-42)16-17-43-30(47)19-31-44-26(6)35(56-31)27-14-12-11-13-15-27/h11-15,21-25,28-29,34,36-37,39,50,53H,16-20H2,1-10H3,(H,43,47)(H,45,52)/t21-,22-,23+,24+,25-,28+,29-,34-,36+,37-,39+,41-,42-/m1/s1. The smallest absolute Gasteiger partial charge is 0.408 e. The van der Waals surface area contributed by atoms with Gasteiger partial charge in [-0.15, -0.1) is 0 Å². The number of oxazole rings is 1. The number of rotatable bonds is 9. The van der Waals surface area contributed by atoms with Crippen LogP contribution in [0.2, 0.25) is 0 Å². The van der Waals surface area contributed by atoms with E-state index in [0.717, 1.165) is 5.56 Å². The molecule has 5 rings (SSSR count). The lowest BCUT2D eigenvalue weighted by Crippen LogP contribution is -2.60. The van der Waals surface area contributed by atoms with Crippen molar-refractivity contribution in [1.82, 2.24) is 20.5 Å². The number of benzene rings is 1. The monoisotopic (exact) mass is 812 g/mol. The Labute approximate surface area is 339 Å². The van der Waals surface area contributed by atoms with Crippen LogP contribution in [-0.4, -0.2) is 124 Å². The summed E-state index contributed by atoms with van der Waals surface area (Å²) in [4.78, 5) is 74.7. The van der Waals surface area contributed by atoms with Crippen molar-refractivity contribution in [3.63, 3.8) is 0 Å². The Hall–Kier alpha value is -4.22. The molecule has 13 atom stereocenters. The van der Waals surface area contributed by atoms with Gasteiger partial charge in [0, 0.05) is 42.3 Å². The van der Waals surface area contributed by atoms with Crippen LogP contribution in [0, 0.1) is 30.6 Å². The van der Waals surface area contributed by atoms with E-state index in [0.29, 0.717) is 17.9 Å². The Bertz CT molecular complexity index is 1820. The maximum absolute atomic E-state index is 14.2. The van der Waals surface area contributed by atoms with E-state index in [9.17, 15) is 34.2 Å². The fourth-order valence-electron chi connectivity index (χ4n) is 8.79. The van der Waals surface area contributed by atoms with Crippen molar-refractivity contribution in [2.24, 2.45) is 23.7 Å². The minimum absolute atomic E-state index is 0.0474. The highest BCUT2D eigenvalue weighted by atomic mass is 16.7. The van der Waals surface area contributed by atoms with Gasteiger partial charge in [-0.3, -0.25) is 19.2 Å². The SMILES string of the molecule is Cc1nc(CC(=O)NCC[C@H]2OC(=O)[C@H](C)C(=O)[C@H](C)[C@@H](O[C@@H]3O[C@H](C)C[C@H](N(C)C)[C@H]3O)[C@](C)(O)C[C@@H](C)C(=O)[C@H](C)[C@@H]3NC(=O)O[C@]23C)oc1-c1ccccc1. The molecule has 320 valence electrons. The lowest BCUT2D eigenvalue weighted by atomic mass is 9.73. The number of hydrogen-bond acceptors (Lipinski definition) is 14. The highest BCUT2D eigenvalue weighted by molar-refractivity contribution is 6.00. The number of ether oxygens (including phenoxy) is 4. The number of amides is 2. The zero-order valence-electron chi connectivity index (χ0n) is 35.1. The zero-order valence-corrected chi connectivity index (χ0v) is 35.1. The first-order valence-electron chi connectivity index (χ1n) is 20.1. The van der Waals surface area contributed by atoms with E-state index in [4.69, 9.17) is 23.4 Å². The molecule has 0 spiro atoms. The molecule has 4 N–H and O–H groups in total. The molecule has 0 bridgehead atoms. The van der Waals surface area contributed by atoms with E-state index < -0.39 is 89.3 Å². The molecule has 3 aliphatic rings. The molecule has 3 saturated heterocycles. The van der Waals surface area contributed by atoms with E-state index in [1.54, 1.807) is 27.7 Å². The molecule has 3 fully saturated rings. The predicted octanol–water partition coefficient (Wildman–Crippen LogP) is 3.13. The number of alkyl carbamates (subject to hydrolysis) is 1. The van der Waals surface area contributed by atoms with Gasteiger partial charge in [-0.2, -0.15) is 0 Å². The van der Waals surface area contributed by atoms with Crippen LogP contribution in [0.4, 0.5) is 4.79 Å². The van der Waals surface area contributed by atoms with E-state index >= 15 is 0 Å². The van der Waals surface area contributed by atoms with Gasteiger partial charge in [0.1, 0.15) is 30.3 Å². The first-order chi connectivity index (χ1) is 27.1. The average Bonchev–Trinajstić information content (AvgIpc) is 3.69. The van der Waals surface area contributed by atoms with Crippen molar-refractivity contribution in [3.8, 4) is 11.3 Å². The molecule has 16 nitrogen and oxygen atoms in total. The van der Waals surface area contributed by atoms with E-state index in [2.05, 4.69) is 15.6 Å². The Morgan fingerprint density at radius 2 is 1.71 bits per heavy atom. The third-order valence-corrected chi connectivity index (χ3v) is 12.0. The van der Waals surface area contributed by atoms with Gasteiger partial charge in [-0.05, 0) is 61.6 Å². The highest BCUT2D eigenvalue weighted by Crippen LogP contribution is 2.39. The number of aryl methyl sites for hydroxylation is 1. The Morgan fingerprint density at radius 3 is 2.36 bits per heavy atom. The Kier molecular flexibility index (Phi) is 13.9. The van der Waals surface area contributed by atoms with Crippen molar-refractivity contribution in [1.29, 1.82) is 0 Å². The number of aromatic nitrogens is 1. The number of aliphatic hydroxyl groups is 2. The van der Waals surface area contributed by atoms with Crippen LogP contribution in [-0.2, 0) is 44.5 Å². The number of nitrogens with one attached hydrogen (secondary N) is 2. The number of aliphatic hydroxyl groups excluding tert-OH is 1. The third-order valence-electron chi connectivity index (χ3n) is 12.0. The summed E-state index contributed by atoms with van der Waals surface area (Å²) >= 11 is 0. The minimum atomic E-state index is -1.85. The van der Waals surface area contributed by atoms with Gasteiger partial charge in [0.25, 0.3) is 0 Å². The van der Waals surface area contributed by atoms with Gasteiger partial charge in [-0.25, -0.2) is 9.78 Å². The molecule has 1 aromatic heterocycles. The summed E-state index contributed by atoms with van der Waals surface area (Å²) < 4.78 is 30.1. The van der Waals surface area contributed by atoms with E-state index in [1.807, 2.05) is 56.3 Å². The molecule has 16 heteroatoms. The number of likely N-dealkylation sites (N-methyl/N-ethyl adjacent to an activating group) is 1. The average molecular weight is 813 g/mol. The van der Waals surface area contributed by atoms with Gasteiger partial charge >= 0.3 is 12.1 Å². The zero-order chi connectivity index (χ0) is 42.9. The quantitative estimate of drug-likeness (QED) is 0.212. The number of ketones is 2. The second-order valence-corrected chi connectivity index (χ2v) is 17.0. The van der Waals surface area contributed by atoms with Crippen molar-refractivity contribution < 1.29 is 57.6 Å². The normalized spacial score (nSPS) is 36.4. The van der Waals surface area contributed by atoms with E-state index in [-0.39, 0.29) is 49.6 Å². The largest absolute Gasteiger partial charge is 0.457 e. The van der Waals surface area contributed by atoms with Gasteiger partial charge in [-0.1, -0.05) is 51.1 Å². The van der Waals surface area contributed by atoms with Crippen molar-refractivity contribution in [2.75, 3.05) is 20.6 Å². The van der Waals surface area contributed by atoms with Crippen LogP contribution in [0.15, 0.2) is 34.7 Å². The predicted molar refractivity (Wildman–Crippen MR) is 209 cm³/mol. The van der Waals surface area contributed by atoms with Crippen LogP contribution in [0.1, 0.15) is 79.3 Å². The lowest BCUT2D eigenvalue weighted by molar-refractivity contribution is -0.293. The summed E-state index contributed by atoms with van der Waals surface area (Å²) in [5, 5.41) is 28.9. The van der Waals surface area contributed by atoms with Crippen LogP contribution >= 0.6 is 0 Å². The van der Waals surface area contributed by atoms with Crippen molar-refractivity contribution in [3.05, 3.63) is 41.9 Å². The summed E-state index contributed by atoms with van der Waals surface area (Å²) in [5.41, 5.74) is -2.02. The number of Topliss-reactive ketones (excluding diaryl/α,β-unsaturated/α-hetero) is 2. The number of nitrogens with zero attached hydrogens (tertiary/aromatic N) is 2. The topological polar surface area (TPSA) is 216 Å². The summed E-state index contributed by atoms with van der Waals surface area (Å²) in [6.45, 7) is 12.7. The molecule has 0 aliphatic carbocycles. The van der Waals surface area contributed by atoms with Gasteiger partial charge in [0.05, 0.1) is 29.5 Å². The number of fused-ring (bicyclic) bond motifs is 1. The molecule has 0 saturated carbocycles. The molecule has 0 unspecified atom stereocenters. The maximum atomic E-state index is 14.2. The van der Waals surface area contributed by atoms with Crippen LogP contribution in [0.5, 0.6) is 0 Å². The second-order valence-electron chi connectivity index (χ2n) is 17.0. The molecule has 2 aromatic rings. The number of esters is 1. The van der Waals surface area contributed by atoms with Crippen molar-refractivity contribution in [2.45, 2.75) is 135 Å². The summed E-state index contributed by atoms with van der Waals surface area (Å²) in [7, 11) is 3.64. The Balaban J connectivity index is 1.40. The summed E-state index contributed by atoms with van der Waals surface area (Å²) in [6.07, 6.45) is -6.01. The highest BCUT2D eigenvalue weighted by Gasteiger charge is 2.57. The number of cyclic esters (lactones) is 1. The van der Waals surface area contributed by atoms with Crippen LogP contribution < -0.4 is 10.6 Å². The third kappa shape index (κ3) is 9.63. The fraction of sp³-hybridized carbons (Fsp3) is 0.667. The second kappa shape index (κ2) is 18.0. The van der Waals surface area contributed by atoms with E-state index in [1.165, 1.54) is 20.8 Å². The Morgan fingerprint density at radius 1 is 1.03 bits per heavy atom. The molecule has 4 heterocycles. The molecule has 2 amide bonds. The number of carbonyl (C=O) groups is 5. The van der Waals surface area contributed by atoms with Crippen LogP contribution in [0.25, 0.3) is 11.3 Å². The summed E-state index contributed by atoms with van der Waals surface area (Å²) in [5.74, 6) is -5.86. The molecule has 3 aliphatic heterocycles. The lowest BCUT2D eigenvalue weighted by Gasteiger charge is -2.46. The van der Waals surface area contributed by atoms with Gasteiger partial charge < -0.3 is 49.1 Å². The summed E-state index contributed by atoms with van der Waals surface area (Å²) in [6, 6.07) is 8.02. The number of hydrogen-bond donors (Lipinski definition) is 4. The number of carbonyl (C=O) groups excluding carboxylic acids is 5. The molecular weight excluding hydrogens is 752 g/mol.